The van der Waals surface area contributed by atoms with Crippen LogP contribution in [-0.2, 0) is 11.2 Å². The molecule has 0 aromatic heterocycles. The van der Waals surface area contributed by atoms with Crippen molar-refractivity contribution in [1.29, 1.82) is 0 Å². The zero-order valence-corrected chi connectivity index (χ0v) is 10.1. The number of rotatable bonds is 4. The van der Waals surface area contributed by atoms with Crippen molar-refractivity contribution in [3.63, 3.8) is 0 Å². The van der Waals surface area contributed by atoms with Gasteiger partial charge in [0.25, 0.3) is 0 Å². The fraction of sp³-hybridized carbons (Fsp3) is 0.429. The highest BCUT2D eigenvalue weighted by molar-refractivity contribution is 5.82. The molecule has 0 fully saturated rings. The van der Waals surface area contributed by atoms with Gasteiger partial charge in [-0.1, -0.05) is 45.0 Å². The number of ketones is 1. The van der Waals surface area contributed by atoms with Gasteiger partial charge in [0.15, 0.2) is 0 Å². The predicted molar refractivity (Wildman–Crippen MR) is 64.6 cm³/mol. The van der Waals surface area contributed by atoms with Crippen molar-refractivity contribution < 1.29 is 9.59 Å². The van der Waals surface area contributed by atoms with Crippen molar-refractivity contribution in [2.75, 3.05) is 0 Å². The van der Waals surface area contributed by atoms with Crippen molar-refractivity contribution in [1.82, 2.24) is 0 Å². The Morgan fingerprint density at radius 3 is 2.19 bits per heavy atom. The lowest BCUT2D eigenvalue weighted by Gasteiger charge is -2.16. The molecule has 0 unspecified atom stereocenters. The van der Waals surface area contributed by atoms with Gasteiger partial charge in [0, 0.05) is 18.4 Å². The molecule has 0 saturated heterocycles. The summed E-state index contributed by atoms with van der Waals surface area (Å²) in [6, 6.07) is 7.16. The molecule has 0 saturated carbocycles. The minimum Gasteiger partial charge on any atom is -0.299 e. The first kappa shape index (κ1) is 12.6. The number of carbonyl (C=O) groups is 2. The molecule has 0 atom stereocenters. The SMILES string of the molecule is CC(C)(C)CC(=O)Cc1ccc(C=O)cc1. The van der Waals surface area contributed by atoms with Crippen molar-refractivity contribution in [2.45, 2.75) is 33.6 Å². The molecule has 2 nitrogen and oxygen atoms in total. The summed E-state index contributed by atoms with van der Waals surface area (Å²) in [4.78, 5) is 22.2. The van der Waals surface area contributed by atoms with E-state index in [1.807, 2.05) is 12.1 Å². The molecule has 0 aliphatic heterocycles. The van der Waals surface area contributed by atoms with Crippen molar-refractivity contribution >= 4 is 12.1 Å². The molecule has 0 radical (unpaired) electrons. The van der Waals surface area contributed by atoms with E-state index in [2.05, 4.69) is 20.8 Å². The lowest BCUT2D eigenvalue weighted by molar-refractivity contribution is -0.120. The monoisotopic (exact) mass is 218 g/mol. The molecule has 0 spiro atoms. The van der Waals surface area contributed by atoms with Gasteiger partial charge in [-0.25, -0.2) is 0 Å². The highest BCUT2D eigenvalue weighted by atomic mass is 16.1. The average molecular weight is 218 g/mol. The average Bonchev–Trinajstić information content (AvgIpc) is 2.16. The van der Waals surface area contributed by atoms with Gasteiger partial charge in [-0.05, 0) is 11.0 Å². The summed E-state index contributed by atoms with van der Waals surface area (Å²) in [7, 11) is 0. The summed E-state index contributed by atoms with van der Waals surface area (Å²) in [5, 5.41) is 0. The summed E-state index contributed by atoms with van der Waals surface area (Å²) >= 11 is 0. The molecular formula is C14H18O2. The van der Waals surface area contributed by atoms with Crippen molar-refractivity contribution in [3.05, 3.63) is 35.4 Å². The van der Waals surface area contributed by atoms with Crippen LogP contribution in [0, 0.1) is 5.41 Å². The third-order valence-electron chi connectivity index (χ3n) is 2.24. The van der Waals surface area contributed by atoms with Gasteiger partial charge in [0.05, 0.1) is 0 Å². The summed E-state index contributed by atoms with van der Waals surface area (Å²) in [5.41, 5.74) is 1.66. The predicted octanol–water partition coefficient (Wildman–Crippen LogP) is 3.05. The number of carbonyl (C=O) groups excluding carboxylic acids is 2. The van der Waals surface area contributed by atoms with Crippen LogP contribution in [0.5, 0.6) is 0 Å². The Morgan fingerprint density at radius 2 is 1.75 bits per heavy atom. The van der Waals surface area contributed by atoms with E-state index in [-0.39, 0.29) is 11.2 Å². The number of hydrogen-bond donors (Lipinski definition) is 0. The van der Waals surface area contributed by atoms with E-state index in [4.69, 9.17) is 0 Å². The van der Waals surface area contributed by atoms with E-state index in [9.17, 15) is 9.59 Å². The largest absolute Gasteiger partial charge is 0.299 e. The first-order chi connectivity index (χ1) is 7.40. The second kappa shape index (κ2) is 5.06. The van der Waals surface area contributed by atoms with E-state index < -0.39 is 0 Å². The topological polar surface area (TPSA) is 34.1 Å². The Hall–Kier alpha value is -1.44. The number of aldehydes is 1. The fourth-order valence-electron chi connectivity index (χ4n) is 1.60. The van der Waals surface area contributed by atoms with Crippen LogP contribution in [0.2, 0.25) is 0 Å². The molecule has 0 bridgehead atoms. The van der Waals surface area contributed by atoms with Crippen LogP contribution in [0.25, 0.3) is 0 Å². The molecule has 0 N–H and O–H groups in total. The van der Waals surface area contributed by atoms with Crippen LogP contribution >= 0.6 is 0 Å². The van der Waals surface area contributed by atoms with Crippen molar-refractivity contribution in [3.8, 4) is 0 Å². The summed E-state index contributed by atoms with van der Waals surface area (Å²) in [6.45, 7) is 6.17. The smallest absolute Gasteiger partial charge is 0.150 e. The first-order valence-corrected chi connectivity index (χ1v) is 5.46. The Bertz CT molecular complexity index is 369. The zero-order valence-electron chi connectivity index (χ0n) is 10.1. The molecule has 1 rings (SSSR count). The quantitative estimate of drug-likeness (QED) is 0.728. The highest BCUT2D eigenvalue weighted by Crippen LogP contribution is 2.20. The van der Waals surface area contributed by atoms with E-state index in [0.29, 0.717) is 18.4 Å². The third-order valence-corrected chi connectivity index (χ3v) is 2.24. The molecule has 1 aromatic carbocycles. The Labute approximate surface area is 96.7 Å². The van der Waals surface area contributed by atoms with E-state index in [0.717, 1.165) is 11.8 Å². The van der Waals surface area contributed by atoms with Crippen LogP contribution in [0.3, 0.4) is 0 Å². The van der Waals surface area contributed by atoms with E-state index in [1.165, 1.54) is 0 Å². The van der Waals surface area contributed by atoms with Crippen molar-refractivity contribution in [2.24, 2.45) is 5.41 Å². The van der Waals surface area contributed by atoms with Crippen LogP contribution < -0.4 is 0 Å². The molecule has 1 aromatic rings. The molecule has 0 aliphatic rings. The molecule has 2 heteroatoms. The van der Waals surface area contributed by atoms with Gasteiger partial charge in [0.2, 0.25) is 0 Å². The Morgan fingerprint density at radius 1 is 1.19 bits per heavy atom. The summed E-state index contributed by atoms with van der Waals surface area (Å²) < 4.78 is 0. The third kappa shape index (κ3) is 4.39. The summed E-state index contributed by atoms with van der Waals surface area (Å²) in [6.07, 6.45) is 1.85. The molecular weight excluding hydrogens is 200 g/mol. The van der Waals surface area contributed by atoms with Crippen LogP contribution in [0.1, 0.15) is 43.1 Å². The molecule has 0 amide bonds. The van der Waals surface area contributed by atoms with Crippen LogP contribution in [-0.4, -0.2) is 12.1 Å². The van der Waals surface area contributed by atoms with Gasteiger partial charge in [-0.15, -0.1) is 0 Å². The molecule has 16 heavy (non-hydrogen) atoms. The lowest BCUT2D eigenvalue weighted by atomic mass is 9.88. The van der Waals surface area contributed by atoms with E-state index >= 15 is 0 Å². The normalized spacial score (nSPS) is 11.2. The second-order valence-electron chi connectivity index (χ2n) is 5.31. The second-order valence-corrected chi connectivity index (χ2v) is 5.31. The first-order valence-electron chi connectivity index (χ1n) is 5.46. The molecule has 86 valence electrons. The minimum absolute atomic E-state index is 0.0415. The fourth-order valence-corrected chi connectivity index (χ4v) is 1.60. The van der Waals surface area contributed by atoms with Gasteiger partial charge in [-0.2, -0.15) is 0 Å². The van der Waals surface area contributed by atoms with Gasteiger partial charge >= 0.3 is 0 Å². The van der Waals surface area contributed by atoms with Crippen LogP contribution in [0.4, 0.5) is 0 Å². The standard InChI is InChI=1S/C14H18O2/c1-14(2,3)9-13(16)8-11-4-6-12(10-15)7-5-11/h4-7,10H,8-9H2,1-3H3. The molecule has 0 aliphatic carbocycles. The van der Waals surface area contributed by atoms with Crippen LogP contribution in [0.15, 0.2) is 24.3 Å². The van der Waals surface area contributed by atoms with E-state index in [1.54, 1.807) is 12.1 Å². The zero-order chi connectivity index (χ0) is 12.2. The number of benzene rings is 1. The highest BCUT2D eigenvalue weighted by Gasteiger charge is 2.15. The Kier molecular flexibility index (Phi) is 3.99. The van der Waals surface area contributed by atoms with Gasteiger partial charge in [-0.3, -0.25) is 9.59 Å². The number of Topliss-reactive ketones (excluding diaryl/α,β-unsaturated/α-hetero) is 1. The number of hydrogen-bond acceptors (Lipinski definition) is 2. The van der Waals surface area contributed by atoms with Gasteiger partial charge < -0.3 is 0 Å². The summed E-state index contributed by atoms with van der Waals surface area (Å²) in [5.74, 6) is 0.242. The molecule has 0 heterocycles. The maximum atomic E-state index is 11.7. The maximum Gasteiger partial charge on any atom is 0.150 e. The Balaban J connectivity index is 2.59. The maximum absolute atomic E-state index is 11.7. The van der Waals surface area contributed by atoms with Gasteiger partial charge in [0.1, 0.15) is 12.1 Å². The minimum atomic E-state index is 0.0415. The lowest BCUT2D eigenvalue weighted by Crippen LogP contribution is -2.14.